The van der Waals surface area contributed by atoms with Gasteiger partial charge in [-0.05, 0) is 59.7 Å². The number of amides is 2. The highest BCUT2D eigenvalue weighted by Crippen LogP contribution is 2.27. The monoisotopic (exact) mass is 424 g/mol. The van der Waals surface area contributed by atoms with Crippen LogP contribution in [0.25, 0.3) is 10.8 Å². The Hall–Kier alpha value is -4.12. The van der Waals surface area contributed by atoms with E-state index in [2.05, 4.69) is 10.6 Å². The summed E-state index contributed by atoms with van der Waals surface area (Å²) in [4.78, 5) is 25.6. The molecule has 0 spiro atoms. The normalized spacial score (nSPS) is 11.6. The third kappa shape index (κ3) is 4.62. The Balaban J connectivity index is 1.51. The Morgan fingerprint density at radius 2 is 1.38 bits per heavy atom. The van der Waals surface area contributed by atoms with Gasteiger partial charge in [0.05, 0.1) is 24.4 Å². The van der Waals surface area contributed by atoms with E-state index in [1.807, 2.05) is 73.7 Å². The van der Waals surface area contributed by atoms with Crippen molar-refractivity contribution in [3.8, 4) is 5.75 Å². The van der Waals surface area contributed by atoms with Crippen LogP contribution in [0.4, 0.5) is 11.4 Å². The standard InChI is InChI=1S/C27H24N2O3/c1-18(20-12-13-22-17-23(32-2)15-14-21(22)16-20)26(30)28-24-10-6-7-11-25(24)29-27(31)19-8-4-3-5-9-19/h3-18H,1-2H3,(H,28,30)(H,29,31)/t18-/m0/s1. The second kappa shape index (κ2) is 9.35. The lowest BCUT2D eigenvalue weighted by Crippen LogP contribution is -2.20. The molecule has 4 aromatic rings. The number of carbonyl (C=O) groups is 2. The number of methoxy groups -OCH3 is 1. The van der Waals surface area contributed by atoms with Crippen molar-refractivity contribution in [3.05, 3.63) is 102 Å². The Kier molecular flexibility index (Phi) is 6.17. The maximum absolute atomic E-state index is 13.0. The summed E-state index contributed by atoms with van der Waals surface area (Å²) in [6, 6.07) is 28.0. The molecule has 0 aliphatic carbocycles. The summed E-state index contributed by atoms with van der Waals surface area (Å²) in [5.74, 6) is 0.0363. The van der Waals surface area contributed by atoms with Gasteiger partial charge in [0.2, 0.25) is 5.91 Å². The molecule has 5 heteroatoms. The molecule has 0 saturated heterocycles. The summed E-state index contributed by atoms with van der Waals surface area (Å²) in [6.07, 6.45) is 0. The van der Waals surface area contributed by atoms with Crippen LogP contribution in [0.3, 0.4) is 0 Å². The number of rotatable bonds is 6. The Labute approximate surface area is 187 Å². The van der Waals surface area contributed by atoms with Crippen molar-refractivity contribution in [3.63, 3.8) is 0 Å². The van der Waals surface area contributed by atoms with Crippen LogP contribution >= 0.6 is 0 Å². The number of benzene rings is 4. The molecule has 32 heavy (non-hydrogen) atoms. The molecule has 0 unspecified atom stereocenters. The molecular formula is C27H24N2O3. The third-order valence-electron chi connectivity index (χ3n) is 5.43. The summed E-state index contributed by atoms with van der Waals surface area (Å²) in [6.45, 7) is 1.87. The molecule has 2 amide bonds. The van der Waals surface area contributed by atoms with Gasteiger partial charge in [0.1, 0.15) is 5.75 Å². The fourth-order valence-corrected chi connectivity index (χ4v) is 3.52. The quantitative estimate of drug-likeness (QED) is 0.408. The number of nitrogens with one attached hydrogen (secondary N) is 2. The molecule has 0 fully saturated rings. The first kappa shape index (κ1) is 21.1. The predicted molar refractivity (Wildman–Crippen MR) is 128 cm³/mol. The molecule has 0 saturated carbocycles. The van der Waals surface area contributed by atoms with E-state index < -0.39 is 0 Å². The molecule has 160 valence electrons. The number of anilines is 2. The molecule has 2 N–H and O–H groups in total. The van der Waals surface area contributed by atoms with Crippen LogP contribution in [-0.4, -0.2) is 18.9 Å². The van der Waals surface area contributed by atoms with Gasteiger partial charge in [-0.2, -0.15) is 0 Å². The molecule has 1 atom stereocenters. The van der Waals surface area contributed by atoms with Gasteiger partial charge >= 0.3 is 0 Å². The van der Waals surface area contributed by atoms with Gasteiger partial charge in [0.15, 0.2) is 0 Å². The van der Waals surface area contributed by atoms with Gasteiger partial charge in [0.25, 0.3) is 5.91 Å². The molecule has 4 rings (SSSR count). The highest BCUT2D eigenvalue weighted by Gasteiger charge is 2.18. The first-order valence-corrected chi connectivity index (χ1v) is 10.4. The van der Waals surface area contributed by atoms with E-state index in [1.54, 1.807) is 31.4 Å². The summed E-state index contributed by atoms with van der Waals surface area (Å²) < 4.78 is 5.28. The third-order valence-corrected chi connectivity index (χ3v) is 5.43. The minimum Gasteiger partial charge on any atom is -0.497 e. The van der Waals surface area contributed by atoms with Crippen LogP contribution in [0, 0.1) is 0 Å². The zero-order chi connectivity index (χ0) is 22.5. The predicted octanol–water partition coefficient (Wildman–Crippen LogP) is 5.84. The topological polar surface area (TPSA) is 67.4 Å². The van der Waals surface area contributed by atoms with Gasteiger partial charge in [-0.25, -0.2) is 0 Å². The molecule has 0 heterocycles. The highest BCUT2D eigenvalue weighted by atomic mass is 16.5. The summed E-state index contributed by atoms with van der Waals surface area (Å²) in [5, 5.41) is 7.93. The lowest BCUT2D eigenvalue weighted by molar-refractivity contribution is -0.117. The molecule has 5 nitrogen and oxygen atoms in total. The number of ether oxygens (including phenoxy) is 1. The zero-order valence-electron chi connectivity index (χ0n) is 18.0. The van der Waals surface area contributed by atoms with Crippen LogP contribution < -0.4 is 15.4 Å². The lowest BCUT2D eigenvalue weighted by Gasteiger charge is -2.16. The van der Waals surface area contributed by atoms with Crippen molar-refractivity contribution in [1.29, 1.82) is 0 Å². The van der Waals surface area contributed by atoms with Gasteiger partial charge in [0, 0.05) is 5.56 Å². The first-order valence-electron chi connectivity index (χ1n) is 10.4. The fourth-order valence-electron chi connectivity index (χ4n) is 3.52. The van der Waals surface area contributed by atoms with E-state index >= 15 is 0 Å². The molecule has 4 aromatic carbocycles. The Morgan fingerprint density at radius 3 is 2.09 bits per heavy atom. The number of carbonyl (C=O) groups excluding carboxylic acids is 2. The van der Waals surface area contributed by atoms with Crippen LogP contribution in [-0.2, 0) is 4.79 Å². The maximum Gasteiger partial charge on any atom is 0.255 e. The molecule has 0 aromatic heterocycles. The van der Waals surface area contributed by atoms with E-state index in [9.17, 15) is 9.59 Å². The average molecular weight is 425 g/mol. The second-order valence-electron chi connectivity index (χ2n) is 7.55. The van der Waals surface area contributed by atoms with Crippen molar-refractivity contribution in [1.82, 2.24) is 0 Å². The molecule has 0 bridgehead atoms. The van der Waals surface area contributed by atoms with Crippen molar-refractivity contribution in [2.45, 2.75) is 12.8 Å². The van der Waals surface area contributed by atoms with Crippen LogP contribution in [0.5, 0.6) is 5.75 Å². The summed E-state index contributed by atoms with van der Waals surface area (Å²) in [5.41, 5.74) is 2.56. The van der Waals surface area contributed by atoms with Gasteiger partial charge < -0.3 is 15.4 Å². The van der Waals surface area contributed by atoms with Crippen LogP contribution in [0.15, 0.2) is 91.0 Å². The van der Waals surface area contributed by atoms with Crippen molar-refractivity contribution >= 4 is 34.0 Å². The molecule has 0 aliphatic rings. The smallest absolute Gasteiger partial charge is 0.255 e. The maximum atomic E-state index is 13.0. The minimum atomic E-state index is -0.376. The summed E-state index contributed by atoms with van der Waals surface area (Å²) >= 11 is 0. The van der Waals surface area contributed by atoms with Crippen LogP contribution in [0.1, 0.15) is 28.8 Å². The second-order valence-corrected chi connectivity index (χ2v) is 7.55. The molecular weight excluding hydrogens is 400 g/mol. The number of hydrogen-bond donors (Lipinski definition) is 2. The molecule has 0 radical (unpaired) electrons. The van der Waals surface area contributed by atoms with E-state index in [4.69, 9.17) is 4.74 Å². The van der Waals surface area contributed by atoms with Gasteiger partial charge in [-0.1, -0.05) is 54.6 Å². The van der Waals surface area contributed by atoms with Crippen molar-refractivity contribution in [2.24, 2.45) is 0 Å². The SMILES string of the molecule is COc1ccc2cc([C@H](C)C(=O)Nc3ccccc3NC(=O)c3ccccc3)ccc2c1. The first-order chi connectivity index (χ1) is 15.5. The lowest BCUT2D eigenvalue weighted by atomic mass is 9.97. The molecule has 0 aliphatic heterocycles. The minimum absolute atomic E-state index is 0.153. The Morgan fingerprint density at radius 1 is 0.750 bits per heavy atom. The van der Waals surface area contributed by atoms with Gasteiger partial charge in [-0.15, -0.1) is 0 Å². The number of hydrogen-bond acceptors (Lipinski definition) is 3. The van der Waals surface area contributed by atoms with E-state index in [0.29, 0.717) is 16.9 Å². The Bertz CT molecular complexity index is 1270. The van der Waals surface area contributed by atoms with Crippen LogP contribution in [0.2, 0.25) is 0 Å². The fraction of sp³-hybridized carbons (Fsp3) is 0.111. The zero-order valence-corrected chi connectivity index (χ0v) is 18.0. The van der Waals surface area contributed by atoms with E-state index in [-0.39, 0.29) is 17.7 Å². The van der Waals surface area contributed by atoms with E-state index in [1.165, 1.54) is 0 Å². The highest BCUT2D eigenvalue weighted by molar-refractivity contribution is 6.07. The van der Waals surface area contributed by atoms with Crippen molar-refractivity contribution in [2.75, 3.05) is 17.7 Å². The number of fused-ring (bicyclic) bond motifs is 1. The number of para-hydroxylation sites is 2. The largest absolute Gasteiger partial charge is 0.497 e. The van der Waals surface area contributed by atoms with Gasteiger partial charge in [-0.3, -0.25) is 9.59 Å². The average Bonchev–Trinajstić information content (AvgIpc) is 2.84. The summed E-state index contributed by atoms with van der Waals surface area (Å²) in [7, 11) is 1.64. The van der Waals surface area contributed by atoms with E-state index in [0.717, 1.165) is 22.1 Å². The van der Waals surface area contributed by atoms with Crippen molar-refractivity contribution < 1.29 is 14.3 Å².